The highest BCUT2D eigenvalue weighted by Gasteiger charge is 2.47. The van der Waals surface area contributed by atoms with Crippen LogP contribution in [0.4, 0.5) is 0 Å². The summed E-state index contributed by atoms with van der Waals surface area (Å²) in [4.78, 5) is 13.7. The third-order valence-corrected chi connectivity index (χ3v) is 15.7. The molecular weight excluding hydrogens is 539 g/mol. The molecule has 2 unspecified atom stereocenters. The standard InChI is InChI=1S/C41H53OP/c1-24-20-25(2)29(6)39(28(24)5)35-18-13-19-36(40-30(7)26(3)21-27(4)31(40)8)41(35)43-37(32-14-9-10-15-32)22-34(42)23-38(43)33-16-11-12-17-33/h13,18-21,32-33,37-38H,9-12,14-17,22-23H2,1-8H3. The van der Waals surface area contributed by atoms with Crippen LogP contribution in [-0.4, -0.2) is 17.1 Å². The van der Waals surface area contributed by atoms with Gasteiger partial charge in [0, 0.05) is 12.8 Å². The molecule has 2 aliphatic carbocycles. The van der Waals surface area contributed by atoms with Gasteiger partial charge in [0.05, 0.1) is 0 Å². The van der Waals surface area contributed by atoms with Crippen LogP contribution in [0.25, 0.3) is 22.3 Å². The highest BCUT2D eigenvalue weighted by Crippen LogP contribution is 2.63. The van der Waals surface area contributed by atoms with E-state index in [1.165, 1.54) is 118 Å². The monoisotopic (exact) mass is 592 g/mol. The maximum absolute atomic E-state index is 13.7. The summed E-state index contributed by atoms with van der Waals surface area (Å²) in [6.45, 7) is 18.6. The van der Waals surface area contributed by atoms with Gasteiger partial charge in [0.25, 0.3) is 0 Å². The first-order valence-electron chi connectivity index (χ1n) is 17.2. The normalized spacial score (nSPS) is 23.4. The molecule has 3 aromatic rings. The third-order valence-electron chi connectivity index (χ3n) is 12.0. The number of carbonyl (C=O) groups excluding carboxylic acids is 1. The fourth-order valence-electron chi connectivity index (χ4n) is 9.26. The molecule has 0 radical (unpaired) electrons. The van der Waals surface area contributed by atoms with Crippen molar-refractivity contribution in [2.75, 3.05) is 0 Å². The van der Waals surface area contributed by atoms with Gasteiger partial charge in [0.2, 0.25) is 0 Å². The molecule has 2 saturated carbocycles. The SMILES string of the molecule is Cc1cc(C)c(C)c(-c2cccc(-c3c(C)c(C)cc(C)c3C)c2P2C(C3CCCC3)CC(=O)CC2C2CCCC2)c1C. The summed E-state index contributed by atoms with van der Waals surface area (Å²) in [5.74, 6) is 1.95. The van der Waals surface area contributed by atoms with Crippen LogP contribution in [0, 0.1) is 67.2 Å². The number of rotatable bonds is 5. The predicted octanol–water partition coefficient (Wildman–Crippen LogP) is 11.1. The Morgan fingerprint density at radius 2 is 0.907 bits per heavy atom. The van der Waals surface area contributed by atoms with E-state index in [2.05, 4.69) is 85.7 Å². The molecular formula is C41H53OP. The van der Waals surface area contributed by atoms with E-state index in [-0.39, 0.29) is 0 Å². The zero-order valence-corrected chi connectivity index (χ0v) is 29.0. The molecule has 228 valence electrons. The van der Waals surface area contributed by atoms with E-state index >= 15 is 0 Å². The third kappa shape index (κ3) is 5.47. The van der Waals surface area contributed by atoms with Crippen LogP contribution < -0.4 is 5.30 Å². The highest BCUT2D eigenvalue weighted by molar-refractivity contribution is 7.68. The summed E-state index contributed by atoms with van der Waals surface area (Å²) in [5.41, 5.74) is 18.2. The van der Waals surface area contributed by atoms with Crippen molar-refractivity contribution in [3.05, 3.63) is 74.8 Å². The average Bonchev–Trinajstić information content (AvgIpc) is 3.71. The maximum Gasteiger partial charge on any atom is 0.134 e. The summed E-state index contributed by atoms with van der Waals surface area (Å²) in [6, 6.07) is 12.0. The minimum atomic E-state index is -0.540. The lowest BCUT2D eigenvalue weighted by atomic mass is 9.85. The molecule has 0 bridgehead atoms. The van der Waals surface area contributed by atoms with Crippen LogP contribution >= 0.6 is 7.92 Å². The second kappa shape index (κ2) is 12.3. The lowest BCUT2D eigenvalue weighted by molar-refractivity contribution is -0.119. The minimum absolute atomic E-state index is 0.516. The van der Waals surface area contributed by atoms with Crippen molar-refractivity contribution in [2.24, 2.45) is 11.8 Å². The lowest BCUT2D eigenvalue weighted by Gasteiger charge is -2.45. The van der Waals surface area contributed by atoms with E-state index in [0.29, 0.717) is 28.9 Å². The van der Waals surface area contributed by atoms with Gasteiger partial charge in [0.1, 0.15) is 5.78 Å². The van der Waals surface area contributed by atoms with Crippen LogP contribution in [-0.2, 0) is 4.79 Å². The topological polar surface area (TPSA) is 17.1 Å². The lowest BCUT2D eigenvalue weighted by Crippen LogP contribution is -2.39. The highest BCUT2D eigenvalue weighted by atomic mass is 31.1. The van der Waals surface area contributed by atoms with Gasteiger partial charge in [-0.3, -0.25) is 4.79 Å². The van der Waals surface area contributed by atoms with Crippen molar-refractivity contribution in [1.29, 1.82) is 0 Å². The Kier molecular flexibility index (Phi) is 8.78. The van der Waals surface area contributed by atoms with Crippen LogP contribution in [0.5, 0.6) is 0 Å². The summed E-state index contributed by atoms with van der Waals surface area (Å²) in [5, 5.41) is 1.64. The number of hydrogen-bond acceptors (Lipinski definition) is 1. The Labute approximate surface area is 263 Å². The molecule has 3 fully saturated rings. The molecule has 0 N–H and O–H groups in total. The van der Waals surface area contributed by atoms with Crippen LogP contribution in [0.2, 0.25) is 0 Å². The summed E-state index contributed by atoms with van der Waals surface area (Å²) in [7, 11) is -0.540. The number of aryl methyl sites for hydroxylation is 4. The number of Topliss-reactive ketones (excluding diaryl/α,β-unsaturated/α-hetero) is 1. The average molecular weight is 593 g/mol. The van der Waals surface area contributed by atoms with Crippen molar-refractivity contribution >= 4 is 19.0 Å². The first-order chi connectivity index (χ1) is 20.6. The molecule has 3 aliphatic rings. The predicted molar refractivity (Wildman–Crippen MR) is 187 cm³/mol. The van der Waals surface area contributed by atoms with E-state index < -0.39 is 7.92 Å². The molecule has 43 heavy (non-hydrogen) atoms. The van der Waals surface area contributed by atoms with Gasteiger partial charge in [-0.15, -0.1) is 0 Å². The van der Waals surface area contributed by atoms with Gasteiger partial charge in [-0.05, 0) is 176 Å². The van der Waals surface area contributed by atoms with Crippen molar-refractivity contribution < 1.29 is 4.79 Å². The fraction of sp³-hybridized carbons (Fsp3) is 0.537. The van der Waals surface area contributed by atoms with Gasteiger partial charge in [-0.25, -0.2) is 0 Å². The van der Waals surface area contributed by atoms with E-state index in [4.69, 9.17) is 0 Å². The Morgan fingerprint density at radius 3 is 1.26 bits per heavy atom. The van der Waals surface area contributed by atoms with Crippen molar-refractivity contribution in [1.82, 2.24) is 0 Å². The number of ketones is 1. The Morgan fingerprint density at radius 1 is 0.558 bits per heavy atom. The molecule has 3 aromatic carbocycles. The molecule has 1 nitrogen and oxygen atoms in total. The van der Waals surface area contributed by atoms with Gasteiger partial charge < -0.3 is 0 Å². The van der Waals surface area contributed by atoms with E-state index in [1.807, 2.05) is 0 Å². The number of carbonyl (C=O) groups is 1. The summed E-state index contributed by atoms with van der Waals surface area (Å²) < 4.78 is 0. The smallest absolute Gasteiger partial charge is 0.134 e. The van der Waals surface area contributed by atoms with Gasteiger partial charge in [0.15, 0.2) is 0 Å². The molecule has 1 heterocycles. The molecule has 6 rings (SSSR count). The number of benzene rings is 3. The zero-order chi connectivity index (χ0) is 30.6. The molecule has 1 saturated heterocycles. The van der Waals surface area contributed by atoms with Gasteiger partial charge in [-0.1, -0.05) is 63.9 Å². The zero-order valence-electron chi connectivity index (χ0n) is 28.1. The molecule has 2 heteroatoms. The first-order valence-corrected chi connectivity index (χ1v) is 18.6. The second-order valence-electron chi connectivity index (χ2n) is 14.6. The van der Waals surface area contributed by atoms with E-state index in [1.54, 1.807) is 5.30 Å². The van der Waals surface area contributed by atoms with E-state index in [9.17, 15) is 4.79 Å². The van der Waals surface area contributed by atoms with Crippen LogP contribution in [0.15, 0.2) is 30.3 Å². The van der Waals surface area contributed by atoms with Crippen LogP contribution in [0.1, 0.15) is 109 Å². The molecule has 0 aromatic heterocycles. The second-order valence-corrected chi connectivity index (χ2v) is 17.1. The minimum Gasteiger partial charge on any atom is -0.300 e. The van der Waals surface area contributed by atoms with Crippen molar-refractivity contribution in [3.63, 3.8) is 0 Å². The summed E-state index contributed by atoms with van der Waals surface area (Å²) >= 11 is 0. The van der Waals surface area contributed by atoms with Crippen molar-refractivity contribution in [2.45, 2.75) is 131 Å². The maximum atomic E-state index is 13.7. The molecule has 0 spiro atoms. The van der Waals surface area contributed by atoms with Crippen molar-refractivity contribution in [3.8, 4) is 22.3 Å². The molecule has 0 amide bonds. The summed E-state index contributed by atoms with van der Waals surface area (Å²) in [6.07, 6.45) is 12.2. The van der Waals surface area contributed by atoms with Gasteiger partial charge in [-0.2, -0.15) is 0 Å². The fourth-order valence-corrected chi connectivity index (χ4v) is 13.7. The number of hydrogen-bond donors (Lipinski definition) is 0. The van der Waals surface area contributed by atoms with Crippen LogP contribution in [0.3, 0.4) is 0 Å². The molecule has 1 aliphatic heterocycles. The molecule has 2 atom stereocenters. The van der Waals surface area contributed by atoms with Gasteiger partial charge >= 0.3 is 0 Å². The Balaban J connectivity index is 1.72. The Bertz CT molecular complexity index is 1390. The quantitative estimate of drug-likeness (QED) is 0.269. The first kappa shape index (κ1) is 30.8. The largest absolute Gasteiger partial charge is 0.300 e. The Hall–Kier alpha value is -2.24. The van der Waals surface area contributed by atoms with E-state index in [0.717, 1.165) is 12.8 Å².